The van der Waals surface area contributed by atoms with Gasteiger partial charge >= 0.3 is 0 Å². The number of benzene rings is 3. The topological polar surface area (TPSA) is 290 Å². The average molecular weight is 971 g/mol. The van der Waals surface area contributed by atoms with Crippen molar-refractivity contribution in [1.82, 2.24) is 43.6 Å². The number of nitrogens with zero attached hydrogens (tertiary/aromatic N) is 9. The molecule has 0 spiro atoms. The number of likely N-dealkylation sites (N-methyl/N-ethyl adjacent to an activating group) is 1. The molecule has 8 N–H and O–H groups in total. The molecule has 372 valence electrons. The molecule has 0 aliphatic carbocycles. The molecule has 7 aromatic rings. The predicted octanol–water partition coefficient (Wildman–Crippen LogP) is 4.21. The smallest absolute Gasteiger partial charge is 0.276 e. The first-order valence-electron chi connectivity index (χ1n) is 22.9. The van der Waals surface area contributed by atoms with Crippen molar-refractivity contribution in [3.63, 3.8) is 0 Å². The zero-order chi connectivity index (χ0) is 51.1. The third-order valence-corrected chi connectivity index (χ3v) is 11.7. The molecule has 22 nitrogen and oxygen atoms in total. The summed E-state index contributed by atoms with van der Waals surface area (Å²) in [6, 6.07) is 16.0. The summed E-state index contributed by atoms with van der Waals surface area (Å²) in [5.74, 6) is -1.06. The normalized spacial score (nSPS) is 11.8. The molecule has 22 heteroatoms. The largest absolute Gasteiger partial charge is 0.497 e. The molecule has 7 rings (SSSR count). The van der Waals surface area contributed by atoms with Crippen LogP contribution >= 0.6 is 0 Å². The van der Waals surface area contributed by atoms with Crippen LogP contribution in [0.1, 0.15) is 78.9 Å². The first kappa shape index (κ1) is 50.3. The van der Waals surface area contributed by atoms with Crippen LogP contribution in [0.25, 0.3) is 22.1 Å². The lowest BCUT2D eigenvalue weighted by Crippen LogP contribution is -2.43. The SMILES string of the molecule is CCn1nc(C)cc1C(=O)Nc1nc2cc(C(N)=O)cc(OC)c2n1C/C=C/Cn1c(NC(=O)c2cc(C)nn2CC)nc2cc(C(N)=O)cc(OCCCN(C)C(=O)C(N)Cc3ccc(OC)cc3)c21. The monoisotopic (exact) mass is 970 g/mol. The molecule has 0 radical (unpaired) electrons. The molecule has 0 aliphatic rings. The minimum Gasteiger partial charge on any atom is -0.497 e. The minimum atomic E-state index is -0.771. The van der Waals surface area contributed by atoms with Crippen molar-refractivity contribution in [2.45, 2.75) is 72.8 Å². The van der Waals surface area contributed by atoms with Crippen LogP contribution in [-0.2, 0) is 37.4 Å². The van der Waals surface area contributed by atoms with Crippen molar-refractivity contribution in [2.75, 3.05) is 45.1 Å². The fourth-order valence-electron chi connectivity index (χ4n) is 8.17. The van der Waals surface area contributed by atoms with Gasteiger partial charge in [0.2, 0.25) is 29.6 Å². The van der Waals surface area contributed by atoms with Gasteiger partial charge in [-0.1, -0.05) is 24.3 Å². The summed E-state index contributed by atoms with van der Waals surface area (Å²) in [6.45, 7) is 8.86. The highest BCUT2D eigenvalue weighted by molar-refractivity contribution is 6.05. The highest BCUT2D eigenvalue weighted by atomic mass is 16.5. The number of nitrogens with one attached hydrogen (secondary N) is 2. The summed E-state index contributed by atoms with van der Waals surface area (Å²) in [4.78, 5) is 76.9. The average Bonchev–Trinajstić information content (AvgIpc) is 4.12. The second-order valence-electron chi connectivity index (χ2n) is 16.7. The van der Waals surface area contributed by atoms with Gasteiger partial charge in [0.25, 0.3) is 11.8 Å². The lowest BCUT2D eigenvalue weighted by molar-refractivity contribution is -0.131. The molecule has 71 heavy (non-hydrogen) atoms. The molecule has 4 aromatic heterocycles. The Bertz CT molecular complexity index is 3160. The first-order valence-corrected chi connectivity index (χ1v) is 22.9. The van der Waals surface area contributed by atoms with E-state index in [1.807, 2.05) is 50.3 Å². The maximum absolute atomic E-state index is 13.9. The van der Waals surface area contributed by atoms with E-state index in [1.165, 1.54) is 31.4 Å². The van der Waals surface area contributed by atoms with E-state index in [-0.39, 0.29) is 54.4 Å². The zero-order valence-corrected chi connectivity index (χ0v) is 40.7. The number of carbonyl (C=O) groups is 5. The number of methoxy groups -OCH3 is 2. The highest BCUT2D eigenvalue weighted by Crippen LogP contribution is 2.33. The number of nitrogens with two attached hydrogens (primary N) is 3. The molecule has 1 unspecified atom stereocenters. The van der Waals surface area contributed by atoms with Gasteiger partial charge in [0.1, 0.15) is 39.7 Å². The van der Waals surface area contributed by atoms with Gasteiger partial charge in [0, 0.05) is 50.9 Å². The summed E-state index contributed by atoms with van der Waals surface area (Å²) < 4.78 is 23.9. The summed E-state index contributed by atoms with van der Waals surface area (Å²) in [5.41, 5.74) is 22.5. The summed E-state index contributed by atoms with van der Waals surface area (Å²) >= 11 is 0. The van der Waals surface area contributed by atoms with Crippen molar-refractivity contribution in [3.8, 4) is 17.2 Å². The van der Waals surface area contributed by atoms with E-state index in [0.29, 0.717) is 88.8 Å². The van der Waals surface area contributed by atoms with Crippen molar-refractivity contribution >= 4 is 63.5 Å². The van der Waals surface area contributed by atoms with Gasteiger partial charge in [-0.15, -0.1) is 0 Å². The second kappa shape index (κ2) is 21.8. The minimum absolute atomic E-state index is 0.0972. The Balaban J connectivity index is 1.20. The Kier molecular flexibility index (Phi) is 15.5. The number of allylic oxidation sites excluding steroid dienone is 2. The molecule has 0 aliphatic heterocycles. The standard InChI is InChI=1S/C49H58N14O8/c1-8-62-37(21-28(3)57-62)45(66)55-48-53-35-24-31(43(51)64)26-39(70-7)41(35)60(48)18-10-11-19-61-42-36(54-49(61)56-46(67)38-22-29(4)58-63(38)9-2)25-32(44(52)65)27-40(42)71-20-12-17-59(5)47(68)34(50)23-30-13-15-33(69-6)16-14-30/h10-11,13-16,21-22,24-27,34H,8-9,12,17-20,23,50H2,1-7H3,(H2,51,64)(H2,52,65)(H,53,55,66)(H,54,56,67)/b11-10+. The van der Waals surface area contributed by atoms with Crippen LogP contribution in [0.5, 0.6) is 17.2 Å². The molecule has 0 saturated carbocycles. The lowest BCUT2D eigenvalue weighted by atomic mass is 10.1. The Morgan fingerprint density at radius 3 is 1.68 bits per heavy atom. The molecule has 0 fully saturated rings. The predicted molar refractivity (Wildman–Crippen MR) is 266 cm³/mol. The fourth-order valence-corrected chi connectivity index (χ4v) is 8.17. The Labute approximate surface area is 408 Å². The highest BCUT2D eigenvalue weighted by Gasteiger charge is 2.24. The van der Waals surface area contributed by atoms with Crippen LogP contribution in [0.3, 0.4) is 0 Å². The van der Waals surface area contributed by atoms with E-state index in [9.17, 15) is 24.0 Å². The van der Waals surface area contributed by atoms with Crippen LogP contribution in [0.4, 0.5) is 11.9 Å². The van der Waals surface area contributed by atoms with E-state index in [0.717, 1.165) is 5.56 Å². The molecule has 1 atom stereocenters. The Morgan fingerprint density at radius 1 is 0.718 bits per heavy atom. The van der Waals surface area contributed by atoms with Gasteiger partial charge in [0.15, 0.2) is 0 Å². The molecule has 5 amide bonds. The van der Waals surface area contributed by atoms with Gasteiger partial charge in [-0.25, -0.2) is 9.97 Å². The van der Waals surface area contributed by atoms with Crippen LogP contribution in [0.2, 0.25) is 0 Å². The third kappa shape index (κ3) is 11.2. The maximum Gasteiger partial charge on any atom is 0.276 e. The van der Waals surface area contributed by atoms with E-state index >= 15 is 0 Å². The number of rotatable bonds is 22. The summed E-state index contributed by atoms with van der Waals surface area (Å²) in [6.07, 6.45) is 4.36. The number of hydrogen-bond acceptors (Lipinski definition) is 13. The molecule has 3 aromatic carbocycles. The number of fused-ring (bicyclic) bond motifs is 2. The van der Waals surface area contributed by atoms with E-state index < -0.39 is 29.7 Å². The van der Waals surface area contributed by atoms with E-state index in [4.69, 9.17) is 41.4 Å². The van der Waals surface area contributed by atoms with Crippen LogP contribution < -0.4 is 42.0 Å². The Hall–Kier alpha value is -8.53. The second-order valence-corrected chi connectivity index (χ2v) is 16.7. The zero-order valence-electron chi connectivity index (χ0n) is 40.7. The van der Waals surface area contributed by atoms with Crippen LogP contribution in [-0.4, -0.2) is 114 Å². The molecule has 4 heterocycles. The number of hydrogen-bond donors (Lipinski definition) is 5. The number of aryl methyl sites for hydroxylation is 4. The van der Waals surface area contributed by atoms with Crippen molar-refractivity contribution in [2.24, 2.45) is 17.2 Å². The fraction of sp³-hybridized carbons (Fsp3) is 0.327. The van der Waals surface area contributed by atoms with Crippen molar-refractivity contribution in [1.29, 1.82) is 0 Å². The maximum atomic E-state index is 13.9. The molecular weight excluding hydrogens is 913 g/mol. The van der Waals surface area contributed by atoms with Gasteiger partial charge in [-0.3, -0.25) is 44.0 Å². The summed E-state index contributed by atoms with van der Waals surface area (Å²) in [5, 5.41) is 14.7. The number of ether oxygens (including phenoxy) is 3. The number of imidazole rings is 2. The third-order valence-electron chi connectivity index (χ3n) is 11.7. The van der Waals surface area contributed by atoms with Gasteiger partial charge in [-0.2, -0.15) is 10.2 Å². The van der Waals surface area contributed by atoms with Gasteiger partial charge in [0.05, 0.1) is 49.3 Å². The molecule has 0 bridgehead atoms. The summed E-state index contributed by atoms with van der Waals surface area (Å²) in [7, 11) is 4.70. The number of anilines is 2. The van der Waals surface area contributed by atoms with Crippen molar-refractivity contribution in [3.05, 3.63) is 112 Å². The Morgan fingerprint density at radius 2 is 1.21 bits per heavy atom. The van der Waals surface area contributed by atoms with E-state index in [2.05, 4.69) is 20.8 Å². The molecular formula is C49H58N14O8. The molecule has 0 saturated heterocycles. The van der Waals surface area contributed by atoms with Gasteiger partial charge in [-0.05, 0) is 94.6 Å². The van der Waals surface area contributed by atoms with Crippen LogP contribution in [0.15, 0.2) is 72.8 Å². The number of primary amides is 2. The van der Waals surface area contributed by atoms with Crippen molar-refractivity contribution < 1.29 is 38.2 Å². The quantitative estimate of drug-likeness (QED) is 0.0471. The number of carbonyl (C=O) groups excluding carboxylic acids is 5. The number of aromatic nitrogens is 8. The lowest BCUT2D eigenvalue weighted by Gasteiger charge is -2.21. The number of amides is 5. The first-order chi connectivity index (χ1) is 34.0. The van der Waals surface area contributed by atoms with Gasteiger partial charge < -0.3 is 45.4 Å². The van der Waals surface area contributed by atoms with Crippen LogP contribution in [0, 0.1) is 13.8 Å². The van der Waals surface area contributed by atoms with E-state index in [1.54, 1.807) is 63.5 Å².